The number of nitrogens with zero attached hydrogens (tertiary/aromatic N) is 1. The molecule has 1 amide bonds. The van der Waals surface area contributed by atoms with E-state index in [4.69, 9.17) is 16.6 Å². The van der Waals surface area contributed by atoms with Crippen molar-refractivity contribution in [2.24, 2.45) is 5.92 Å². The molecule has 2 unspecified atom stereocenters. The summed E-state index contributed by atoms with van der Waals surface area (Å²) in [5.74, 6) is -0.0285. The average Bonchev–Trinajstić information content (AvgIpc) is 3.32. The Bertz CT molecular complexity index is 1010. The quantitative estimate of drug-likeness (QED) is 0.498. The molecule has 1 N–H and O–H groups in total. The van der Waals surface area contributed by atoms with E-state index in [1.807, 2.05) is 24.3 Å². The molecule has 1 saturated heterocycles. The van der Waals surface area contributed by atoms with E-state index in [-0.39, 0.29) is 11.9 Å². The predicted octanol–water partition coefficient (Wildman–Crippen LogP) is 5.35. The third-order valence-electron chi connectivity index (χ3n) is 5.73. The number of benzene rings is 1. The van der Waals surface area contributed by atoms with Crippen LogP contribution in [0.2, 0.25) is 0 Å². The van der Waals surface area contributed by atoms with Crippen LogP contribution in [0.1, 0.15) is 43.9 Å². The molecule has 2 heterocycles. The van der Waals surface area contributed by atoms with Gasteiger partial charge >= 0.3 is 5.97 Å². The zero-order chi connectivity index (χ0) is 21.3. The first-order chi connectivity index (χ1) is 14.5. The Labute approximate surface area is 185 Å². The normalized spacial score (nSPS) is 23.4. The van der Waals surface area contributed by atoms with Gasteiger partial charge in [0.15, 0.2) is 0 Å². The molecule has 1 aromatic heterocycles. The molecule has 30 heavy (non-hydrogen) atoms. The first kappa shape index (κ1) is 20.9. The minimum Gasteiger partial charge on any atom is -0.481 e. The van der Waals surface area contributed by atoms with E-state index < -0.39 is 11.9 Å². The maximum absolute atomic E-state index is 13.0. The van der Waals surface area contributed by atoms with Gasteiger partial charge in [-0.25, -0.2) is 0 Å². The van der Waals surface area contributed by atoms with Crippen LogP contribution in [0.25, 0.3) is 17.4 Å². The van der Waals surface area contributed by atoms with Crippen molar-refractivity contribution in [3.05, 3.63) is 52.6 Å². The largest absolute Gasteiger partial charge is 0.481 e. The fourth-order valence-electron chi connectivity index (χ4n) is 4.04. The molecule has 2 aromatic rings. The molecule has 1 aromatic carbocycles. The second-order valence-corrected chi connectivity index (χ2v) is 9.34. The van der Waals surface area contributed by atoms with E-state index in [2.05, 4.69) is 19.1 Å². The number of amides is 1. The standard InChI is InChI=1S/C23H23NO4S2/c1-2-14-6-8-15(9-7-14)19-11-10-18(28-19)13-20-21(25)24(23(29)30-20)17-5-3-4-16(12-17)22(26)27/h6-11,13,16-17H,2-5,12H2,1H3,(H,26,27). The summed E-state index contributed by atoms with van der Waals surface area (Å²) in [5, 5.41) is 9.34. The van der Waals surface area contributed by atoms with E-state index in [0.29, 0.717) is 27.8 Å². The van der Waals surface area contributed by atoms with Crippen molar-refractivity contribution in [2.75, 3.05) is 0 Å². The zero-order valence-electron chi connectivity index (χ0n) is 16.7. The monoisotopic (exact) mass is 441 g/mol. The van der Waals surface area contributed by atoms with Gasteiger partial charge in [0.05, 0.1) is 10.8 Å². The van der Waals surface area contributed by atoms with Crippen LogP contribution < -0.4 is 0 Å². The Hall–Kier alpha value is -2.38. The van der Waals surface area contributed by atoms with E-state index >= 15 is 0 Å². The lowest BCUT2D eigenvalue weighted by Crippen LogP contribution is -2.42. The predicted molar refractivity (Wildman–Crippen MR) is 122 cm³/mol. The Kier molecular flexibility index (Phi) is 6.11. The summed E-state index contributed by atoms with van der Waals surface area (Å²) in [6.07, 6.45) is 5.39. The van der Waals surface area contributed by atoms with E-state index in [1.54, 1.807) is 11.0 Å². The van der Waals surface area contributed by atoms with Crippen molar-refractivity contribution in [3.63, 3.8) is 0 Å². The summed E-state index contributed by atoms with van der Waals surface area (Å²) in [6.45, 7) is 2.12. The summed E-state index contributed by atoms with van der Waals surface area (Å²) in [7, 11) is 0. The Morgan fingerprint density at radius 1 is 1.27 bits per heavy atom. The number of aryl methyl sites for hydroxylation is 1. The molecular weight excluding hydrogens is 418 g/mol. The van der Waals surface area contributed by atoms with Crippen molar-refractivity contribution in [1.29, 1.82) is 0 Å². The van der Waals surface area contributed by atoms with Crippen molar-refractivity contribution >= 4 is 46.3 Å². The van der Waals surface area contributed by atoms with Crippen molar-refractivity contribution < 1.29 is 19.1 Å². The average molecular weight is 442 g/mol. The molecule has 1 saturated carbocycles. The maximum Gasteiger partial charge on any atom is 0.306 e. The molecule has 5 nitrogen and oxygen atoms in total. The second kappa shape index (κ2) is 8.78. The van der Waals surface area contributed by atoms with Gasteiger partial charge in [-0.2, -0.15) is 0 Å². The summed E-state index contributed by atoms with van der Waals surface area (Å²) in [4.78, 5) is 26.5. The molecule has 1 aliphatic heterocycles. The first-order valence-electron chi connectivity index (χ1n) is 10.1. The molecule has 2 fully saturated rings. The van der Waals surface area contributed by atoms with E-state index in [9.17, 15) is 14.7 Å². The molecule has 0 radical (unpaired) electrons. The van der Waals surface area contributed by atoms with Crippen molar-refractivity contribution in [2.45, 2.75) is 45.1 Å². The SMILES string of the molecule is CCc1ccc(-c2ccc(C=C3SC(=S)N(C4CCCC(C(=O)O)C4)C3=O)o2)cc1. The molecule has 0 spiro atoms. The number of hydrogen-bond acceptors (Lipinski definition) is 5. The highest BCUT2D eigenvalue weighted by Crippen LogP contribution is 2.39. The Balaban J connectivity index is 1.51. The maximum atomic E-state index is 13.0. The topological polar surface area (TPSA) is 70.8 Å². The van der Waals surface area contributed by atoms with Crippen LogP contribution >= 0.6 is 24.0 Å². The number of carbonyl (C=O) groups excluding carboxylic acids is 1. The van der Waals surface area contributed by atoms with Gasteiger partial charge in [0.1, 0.15) is 15.8 Å². The van der Waals surface area contributed by atoms with Crippen LogP contribution in [0.3, 0.4) is 0 Å². The highest BCUT2D eigenvalue weighted by Gasteiger charge is 2.40. The van der Waals surface area contributed by atoms with Crippen LogP contribution in [-0.4, -0.2) is 32.2 Å². The smallest absolute Gasteiger partial charge is 0.306 e. The van der Waals surface area contributed by atoms with Gasteiger partial charge in [0.2, 0.25) is 0 Å². The highest BCUT2D eigenvalue weighted by molar-refractivity contribution is 8.26. The number of carboxylic acid groups (broad SMARTS) is 1. The van der Waals surface area contributed by atoms with Crippen molar-refractivity contribution in [3.8, 4) is 11.3 Å². The summed E-state index contributed by atoms with van der Waals surface area (Å²) < 4.78 is 6.43. The zero-order valence-corrected chi connectivity index (χ0v) is 18.3. The molecule has 2 aliphatic rings. The summed E-state index contributed by atoms with van der Waals surface area (Å²) >= 11 is 6.70. The summed E-state index contributed by atoms with van der Waals surface area (Å²) in [6, 6.07) is 11.8. The van der Waals surface area contributed by atoms with Crippen LogP contribution in [0.4, 0.5) is 0 Å². The summed E-state index contributed by atoms with van der Waals surface area (Å²) in [5.41, 5.74) is 2.25. The fraction of sp³-hybridized carbons (Fsp3) is 0.348. The number of thioether (sulfide) groups is 1. The molecular formula is C23H23NO4S2. The third kappa shape index (κ3) is 4.23. The van der Waals surface area contributed by atoms with Gasteiger partial charge in [0.25, 0.3) is 5.91 Å². The Morgan fingerprint density at radius 3 is 2.73 bits per heavy atom. The van der Waals surface area contributed by atoms with Gasteiger partial charge in [-0.15, -0.1) is 0 Å². The minimum absolute atomic E-state index is 0.150. The lowest BCUT2D eigenvalue weighted by atomic mass is 9.85. The van der Waals surface area contributed by atoms with E-state index in [1.165, 1.54) is 17.3 Å². The molecule has 0 bridgehead atoms. The Morgan fingerprint density at radius 2 is 2.03 bits per heavy atom. The van der Waals surface area contributed by atoms with Gasteiger partial charge in [-0.3, -0.25) is 14.5 Å². The van der Waals surface area contributed by atoms with Gasteiger partial charge in [0, 0.05) is 17.7 Å². The fourth-order valence-corrected chi connectivity index (χ4v) is 5.42. The number of carbonyl (C=O) groups is 2. The minimum atomic E-state index is -0.796. The lowest BCUT2D eigenvalue weighted by Gasteiger charge is -2.32. The van der Waals surface area contributed by atoms with Crippen LogP contribution in [0.15, 0.2) is 45.7 Å². The van der Waals surface area contributed by atoms with Gasteiger partial charge in [-0.05, 0) is 43.4 Å². The molecule has 2 atom stereocenters. The van der Waals surface area contributed by atoms with Crippen molar-refractivity contribution in [1.82, 2.24) is 4.90 Å². The number of thiocarbonyl (C=S) groups is 1. The molecule has 1 aliphatic carbocycles. The number of hydrogen-bond donors (Lipinski definition) is 1. The van der Waals surface area contributed by atoms with E-state index in [0.717, 1.165) is 30.6 Å². The van der Waals surface area contributed by atoms with Crippen LogP contribution in [-0.2, 0) is 16.0 Å². The number of aliphatic carboxylic acids is 1. The molecule has 4 rings (SSSR count). The second-order valence-electron chi connectivity index (χ2n) is 7.66. The third-order valence-corrected chi connectivity index (χ3v) is 7.06. The lowest BCUT2D eigenvalue weighted by molar-refractivity contribution is -0.144. The highest BCUT2D eigenvalue weighted by atomic mass is 32.2. The van der Waals surface area contributed by atoms with Crippen LogP contribution in [0.5, 0.6) is 0 Å². The number of rotatable bonds is 5. The first-order valence-corrected chi connectivity index (χ1v) is 11.4. The number of furan rings is 1. The van der Waals surface area contributed by atoms with Gasteiger partial charge < -0.3 is 9.52 Å². The number of carboxylic acids is 1. The van der Waals surface area contributed by atoms with Crippen LogP contribution in [0, 0.1) is 5.92 Å². The molecule has 156 valence electrons. The molecule has 7 heteroatoms. The van der Waals surface area contributed by atoms with Gasteiger partial charge in [-0.1, -0.05) is 61.6 Å².